The molecule has 264 valence electrons. The van der Waals surface area contributed by atoms with Crippen LogP contribution in [-0.4, -0.2) is 16.8 Å². The summed E-state index contributed by atoms with van der Waals surface area (Å²) < 4.78 is 8.72. The number of aromatic nitrogens is 2. The summed E-state index contributed by atoms with van der Waals surface area (Å²) >= 11 is 0. The molecule has 0 amide bonds. The minimum atomic E-state index is -0.316. The van der Waals surface area contributed by atoms with Crippen molar-refractivity contribution in [3.63, 3.8) is 0 Å². The van der Waals surface area contributed by atoms with Crippen LogP contribution in [0.2, 0.25) is 0 Å². The van der Waals surface area contributed by atoms with Gasteiger partial charge in [0.2, 0.25) is 0 Å². The number of fused-ring (bicyclic) bond motifs is 1. The first kappa shape index (κ1) is 36.2. The van der Waals surface area contributed by atoms with Crippen molar-refractivity contribution in [3.05, 3.63) is 168 Å². The molecule has 0 spiro atoms. The van der Waals surface area contributed by atoms with Crippen LogP contribution < -0.4 is 14.5 Å². The summed E-state index contributed by atoms with van der Waals surface area (Å²) in [7, 11) is 2.07. The largest absolute Gasteiger partial charge is 0.509 e. The molecule has 0 unspecified atom stereocenters. The van der Waals surface area contributed by atoms with Gasteiger partial charge in [-0.1, -0.05) is 121 Å². The zero-order chi connectivity index (χ0) is 35.3. The number of nitrogens with zero attached hydrogens (tertiary/aromatic N) is 4. The fourth-order valence-electron chi connectivity index (χ4n) is 6.61. The second kappa shape index (κ2) is 13.8. The van der Waals surface area contributed by atoms with Crippen LogP contribution in [0.25, 0.3) is 5.69 Å². The van der Waals surface area contributed by atoms with Crippen LogP contribution >= 0.6 is 0 Å². The number of para-hydroxylation sites is 2. The fourth-order valence-corrected chi connectivity index (χ4v) is 6.61. The maximum atomic E-state index is 6.80. The number of hydrogen-bond acceptors (Lipinski definition) is 4. The third-order valence-electron chi connectivity index (χ3n) is 10.1. The van der Waals surface area contributed by atoms with Crippen molar-refractivity contribution in [2.24, 2.45) is 0 Å². The predicted molar refractivity (Wildman–Crippen MR) is 205 cm³/mol. The average molecular weight is 853 g/mol. The van der Waals surface area contributed by atoms with Crippen LogP contribution in [0.4, 0.5) is 17.1 Å². The second-order valence-corrected chi connectivity index (χ2v) is 15.3. The van der Waals surface area contributed by atoms with Crippen LogP contribution in [0, 0.1) is 18.8 Å². The average Bonchev–Trinajstić information content (AvgIpc) is 3.75. The molecule has 0 radical (unpaired) electrons. The van der Waals surface area contributed by atoms with E-state index in [1.807, 2.05) is 10.9 Å². The summed E-state index contributed by atoms with van der Waals surface area (Å²) in [4.78, 5) is 4.32. The Kier molecular flexibility index (Phi) is 9.83. The van der Waals surface area contributed by atoms with E-state index < -0.39 is 0 Å². The maximum absolute atomic E-state index is 6.80. The Morgan fingerprint density at radius 1 is 0.588 bits per heavy atom. The maximum Gasteiger partial charge on any atom is 0.0534 e. The van der Waals surface area contributed by atoms with E-state index in [2.05, 4.69) is 200 Å². The molecule has 0 atom stereocenters. The van der Waals surface area contributed by atoms with Gasteiger partial charge < -0.3 is 14.5 Å². The van der Waals surface area contributed by atoms with Crippen molar-refractivity contribution in [3.8, 4) is 17.2 Å². The van der Waals surface area contributed by atoms with Crippen molar-refractivity contribution < 1.29 is 25.8 Å². The van der Waals surface area contributed by atoms with E-state index in [9.17, 15) is 0 Å². The van der Waals surface area contributed by atoms with Gasteiger partial charge in [0, 0.05) is 61.1 Å². The molecular formula is C45H45N4OPt-3. The number of hydrogen-bond donors (Lipinski definition) is 0. The summed E-state index contributed by atoms with van der Waals surface area (Å²) in [6.45, 7) is 17.8. The zero-order valence-corrected chi connectivity index (χ0v) is 32.9. The third kappa shape index (κ3) is 7.14. The van der Waals surface area contributed by atoms with E-state index in [1.165, 1.54) is 11.1 Å². The van der Waals surface area contributed by atoms with E-state index in [4.69, 9.17) is 9.84 Å². The summed E-state index contributed by atoms with van der Waals surface area (Å²) in [5, 5.41) is 4.87. The van der Waals surface area contributed by atoms with E-state index in [0.717, 1.165) is 39.4 Å². The summed E-state index contributed by atoms with van der Waals surface area (Å²) in [5.74, 6) is 1.24. The van der Waals surface area contributed by atoms with Gasteiger partial charge in [0.05, 0.1) is 6.20 Å². The van der Waals surface area contributed by atoms with Gasteiger partial charge in [-0.3, -0.25) is 4.68 Å². The molecule has 0 fully saturated rings. The van der Waals surface area contributed by atoms with Crippen molar-refractivity contribution in [2.45, 2.75) is 64.7 Å². The molecule has 2 heterocycles. The number of ether oxygens (including phenoxy) is 1. The van der Waals surface area contributed by atoms with Crippen LogP contribution in [0.3, 0.4) is 0 Å². The van der Waals surface area contributed by atoms with Crippen molar-refractivity contribution in [1.29, 1.82) is 0 Å². The Bertz CT molecular complexity index is 2130. The Morgan fingerprint density at radius 3 is 1.71 bits per heavy atom. The molecule has 0 saturated carbocycles. The van der Waals surface area contributed by atoms with Gasteiger partial charge in [0.1, 0.15) is 0 Å². The molecule has 5 nitrogen and oxygen atoms in total. The quantitative estimate of drug-likeness (QED) is 0.143. The monoisotopic (exact) mass is 852 g/mol. The molecule has 1 aliphatic rings. The Morgan fingerprint density at radius 2 is 1.10 bits per heavy atom. The fraction of sp³-hybridized carbons (Fsp3) is 0.244. The molecule has 51 heavy (non-hydrogen) atoms. The van der Waals surface area contributed by atoms with E-state index >= 15 is 0 Å². The predicted octanol–water partition coefficient (Wildman–Crippen LogP) is 10.9. The summed E-state index contributed by atoms with van der Waals surface area (Å²) in [5.41, 5.74) is 9.16. The molecular weight excluding hydrogens is 808 g/mol. The van der Waals surface area contributed by atoms with E-state index in [1.54, 1.807) is 0 Å². The van der Waals surface area contributed by atoms with Gasteiger partial charge in [0.15, 0.2) is 0 Å². The molecule has 7 rings (SSSR count). The number of anilines is 3. The first-order chi connectivity index (χ1) is 23.8. The molecule has 0 saturated heterocycles. The van der Waals surface area contributed by atoms with Gasteiger partial charge >= 0.3 is 0 Å². The molecule has 6 aromatic rings. The third-order valence-corrected chi connectivity index (χ3v) is 10.1. The molecule has 5 aromatic carbocycles. The molecule has 0 aliphatic carbocycles. The second-order valence-electron chi connectivity index (χ2n) is 15.3. The summed E-state index contributed by atoms with van der Waals surface area (Å²) in [6.07, 6.45) is 4.08. The first-order valence-electron chi connectivity index (χ1n) is 17.3. The van der Waals surface area contributed by atoms with Gasteiger partial charge in [0.25, 0.3) is 0 Å². The van der Waals surface area contributed by atoms with Gasteiger partial charge in [-0.2, -0.15) is 11.8 Å². The van der Waals surface area contributed by atoms with Gasteiger partial charge in [-0.05, 0) is 46.8 Å². The summed E-state index contributed by atoms with van der Waals surface area (Å²) in [6, 6.07) is 45.4. The smallest absolute Gasteiger partial charge is 0.0534 e. The Labute approximate surface area is 318 Å². The van der Waals surface area contributed by atoms with Crippen LogP contribution in [0.15, 0.2) is 122 Å². The van der Waals surface area contributed by atoms with Gasteiger partial charge in [-0.25, -0.2) is 0 Å². The SMILES string of the molecule is CN1[CH-]N(c2[c-]c(Oc3[c-]c(-n4cc(C(C)(C)c5ccccc5)cn4)cc(C(C)(C)c4ccccc4)c3)cc(C(C)(C)C)c2)c2ccccc21.[Pt]. The normalized spacial score (nSPS) is 13.2. The topological polar surface area (TPSA) is 33.5 Å². The first-order valence-corrected chi connectivity index (χ1v) is 17.3. The van der Waals surface area contributed by atoms with Crippen LogP contribution in [-0.2, 0) is 37.3 Å². The van der Waals surface area contributed by atoms with E-state index in [0.29, 0.717) is 11.5 Å². The van der Waals surface area contributed by atoms with E-state index in [-0.39, 0.29) is 37.3 Å². The Hall–Kier alpha value is -4.60. The van der Waals surface area contributed by atoms with Crippen molar-refractivity contribution in [1.82, 2.24) is 9.78 Å². The van der Waals surface area contributed by atoms with Crippen molar-refractivity contribution in [2.75, 3.05) is 16.8 Å². The molecule has 6 heteroatoms. The number of rotatable bonds is 8. The standard InChI is InChI=1S/C45H45N4O.Pt/c1-43(2,3)34-23-37(48-31-47(8)41-21-15-16-22-42(41)48)27-39(25-34)50-40-26-35(44(4,5)32-17-11-9-12-18-32)24-38(28-40)49-30-36(29-46-49)45(6,7)33-19-13-10-14-20-33;/h9-26,29-31H,1-8H3;/q-3;. The van der Waals surface area contributed by atoms with Gasteiger partial charge in [-0.15, -0.1) is 53.2 Å². The van der Waals surface area contributed by atoms with Crippen LogP contribution in [0.1, 0.15) is 76.3 Å². The molecule has 0 N–H and O–H groups in total. The number of benzene rings is 5. The molecule has 1 aromatic heterocycles. The van der Waals surface area contributed by atoms with Crippen LogP contribution in [0.5, 0.6) is 11.5 Å². The van der Waals surface area contributed by atoms with Crippen molar-refractivity contribution >= 4 is 17.1 Å². The molecule has 1 aliphatic heterocycles. The zero-order valence-electron chi connectivity index (χ0n) is 30.6. The molecule has 0 bridgehead atoms. The Balaban J connectivity index is 0.00000448. The minimum Gasteiger partial charge on any atom is -0.509 e. The minimum absolute atomic E-state index is 0.